The topological polar surface area (TPSA) is 53.6 Å². The lowest BCUT2D eigenvalue weighted by Gasteiger charge is -2.29. The average Bonchev–Trinajstić information content (AvgIpc) is 2.97. The van der Waals surface area contributed by atoms with E-state index in [-0.39, 0.29) is 5.91 Å². The highest BCUT2D eigenvalue weighted by molar-refractivity contribution is 5.98. The number of nitrogens with zero attached hydrogens (tertiary/aromatic N) is 1. The van der Waals surface area contributed by atoms with Gasteiger partial charge in [-0.1, -0.05) is 0 Å². The van der Waals surface area contributed by atoms with Crippen molar-refractivity contribution in [3.63, 3.8) is 0 Å². The summed E-state index contributed by atoms with van der Waals surface area (Å²) in [7, 11) is 0. The predicted octanol–water partition coefficient (Wildman–Crippen LogP) is 1.60. The first-order chi connectivity index (χ1) is 10.2. The van der Waals surface area contributed by atoms with Crippen LogP contribution in [0.1, 0.15) is 19.8 Å². The number of nitrogens with one attached hydrogen (secondary N) is 2. The maximum atomic E-state index is 12.3. The first-order valence-corrected chi connectivity index (χ1v) is 7.67. The van der Waals surface area contributed by atoms with Gasteiger partial charge in [-0.15, -0.1) is 0 Å². The monoisotopic (exact) mass is 289 g/mol. The van der Waals surface area contributed by atoms with Gasteiger partial charge >= 0.3 is 0 Å². The summed E-state index contributed by atoms with van der Waals surface area (Å²) in [5, 5.41) is 6.29. The van der Waals surface area contributed by atoms with Crippen LogP contribution in [0.15, 0.2) is 24.3 Å². The molecule has 1 amide bonds. The third-order valence-electron chi connectivity index (χ3n) is 4.37. The van der Waals surface area contributed by atoms with Crippen LogP contribution in [-0.4, -0.2) is 44.3 Å². The van der Waals surface area contributed by atoms with Gasteiger partial charge in [0.2, 0.25) is 5.91 Å². The van der Waals surface area contributed by atoms with Crippen molar-refractivity contribution in [2.24, 2.45) is 0 Å². The molecule has 3 rings (SSSR count). The molecule has 1 aromatic carbocycles. The molecule has 2 aliphatic rings. The molecule has 0 spiro atoms. The van der Waals surface area contributed by atoms with Gasteiger partial charge in [0, 0.05) is 24.5 Å². The largest absolute Gasteiger partial charge is 0.378 e. The van der Waals surface area contributed by atoms with E-state index < -0.39 is 5.54 Å². The molecule has 2 N–H and O–H groups in total. The Morgan fingerprint density at radius 3 is 2.62 bits per heavy atom. The lowest BCUT2D eigenvalue weighted by Crippen LogP contribution is -2.47. The van der Waals surface area contributed by atoms with E-state index in [2.05, 4.69) is 27.7 Å². The van der Waals surface area contributed by atoms with Crippen LogP contribution < -0.4 is 15.5 Å². The Morgan fingerprint density at radius 2 is 2.00 bits per heavy atom. The Hall–Kier alpha value is -1.59. The normalized spacial score (nSPS) is 25.9. The van der Waals surface area contributed by atoms with E-state index in [1.165, 1.54) is 5.69 Å². The molecule has 114 valence electrons. The summed E-state index contributed by atoms with van der Waals surface area (Å²) in [4.78, 5) is 14.6. The molecule has 0 unspecified atom stereocenters. The second kappa shape index (κ2) is 6.03. The minimum absolute atomic E-state index is 0.0547. The highest BCUT2D eigenvalue weighted by Gasteiger charge is 2.35. The number of rotatable bonds is 3. The fraction of sp³-hybridized carbons (Fsp3) is 0.562. The molecule has 5 nitrogen and oxygen atoms in total. The van der Waals surface area contributed by atoms with Crippen molar-refractivity contribution in [1.29, 1.82) is 0 Å². The van der Waals surface area contributed by atoms with Crippen molar-refractivity contribution in [1.82, 2.24) is 5.32 Å². The van der Waals surface area contributed by atoms with Crippen LogP contribution in [0.2, 0.25) is 0 Å². The summed E-state index contributed by atoms with van der Waals surface area (Å²) < 4.78 is 5.36. The van der Waals surface area contributed by atoms with Crippen molar-refractivity contribution < 1.29 is 9.53 Å². The molecule has 1 atom stereocenters. The van der Waals surface area contributed by atoms with Crippen LogP contribution in [0.3, 0.4) is 0 Å². The summed E-state index contributed by atoms with van der Waals surface area (Å²) >= 11 is 0. The van der Waals surface area contributed by atoms with Gasteiger partial charge in [-0.2, -0.15) is 0 Å². The summed E-state index contributed by atoms with van der Waals surface area (Å²) in [6.07, 6.45) is 1.95. The van der Waals surface area contributed by atoms with Gasteiger partial charge < -0.3 is 20.3 Å². The van der Waals surface area contributed by atoms with Gasteiger partial charge in [0.1, 0.15) is 0 Å². The highest BCUT2D eigenvalue weighted by atomic mass is 16.5. The average molecular weight is 289 g/mol. The summed E-state index contributed by atoms with van der Waals surface area (Å²) in [5.41, 5.74) is 1.61. The van der Waals surface area contributed by atoms with Crippen LogP contribution in [0.4, 0.5) is 11.4 Å². The molecule has 0 aliphatic carbocycles. The number of carbonyl (C=O) groups is 1. The second-order valence-electron chi connectivity index (χ2n) is 5.96. The van der Waals surface area contributed by atoms with E-state index in [4.69, 9.17) is 4.74 Å². The van der Waals surface area contributed by atoms with Crippen molar-refractivity contribution in [2.75, 3.05) is 43.1 Å². The molecule has 1 aromatic rings. The fourth-order valence-electron chi connectivity index (χ4n) is 2.93. The van der Waals surface area contributed by atoms with Crippen molar-refractivity contribution in [3.05, 3.63) is 24.3 Å². The lowest BCUT2D eigenvalue weighted by molar-refractivity contribution is -0.121. The maximum Gasteiger partial charge on any atom is 0.244 e. The van der Waals surface area contributed by atoms with Crippen molar-refractivity contribution >= 4 is 17.3 Å². The molecule has 0 saturated carbocycles. The number of hydrogen-bond acceptors (Lipinski definition) is 4. The molecule has 0 radical (unpaired) electrons. The fourth-order valence-corrected chi connectivity index (χ4v) is 2.93. The molecular weight excluding hydrogens is 266 g/mol. The molecule has 5 heteroatoms. The maximum absolute atomic E-state index is 12.3. The minimum atomic E-state index is -0.428. The van der Waals surface area contributed by atoms with E-state index in [9.17, 15) is 4.79 Å². The molecular formula is C16H23N3O2. The Morgan fingerprint density at radius 1 is 1.29 bits per heavy atom. The van der Waals surface area contributed by atoms with Crippen LogP contribution in [-0.2, 0) is 9.53 Å². The van der Waals surface area contributed by atoms with E-state index in [1.807, 2.05) is 19.1 Å². The summed E-state index contributed by atoms with van der Waals surface area (Å²) in [5.74, 6) is 0.0547. The number of amides is 1. The first kappa shape index (κ1) is 14.4. The zero-order valence-corrected chi connectivity index (χ0v) is 12.5. The second-order valence-corrected chi connectivity index (χ2v) is 5.96. The van der Waals surface area contributed by atoms with Gasteiger partial charge in [-0.3, -0.25) is 4.79 Å². The number of benzene rings is 1. The lowest BCUT2D eigenvalue weighted by atomic mass is 9.99. The van der Waals surface area contributed by atoms with Crippen LogP contribution in [0.5, 0.6) is 0 Å². The molecule has 0 bridgehead atoms. The van der Waals surface area contributed by atoms with E-state index in [0.717, 1.165) is 51.4 Å². The number of morpholine rings is 1. The van der Waals surface area contributed by atoms with Gasteiger partial charge in [-0.25, -0.2) is 0 Å². The van der Waals surface area contributed by atoms with E-state index in [1.54, 1.807) is 0 Å². The van der Waals surface area contributed by atoms with Crippen LogP contribution in [0, 0.1) is 0 Å². The highest BCUT2D eigenvalue weighted by Crippen LogP contribution is 2.23. The molecule has 2 fully saturated rings. The number of anilines is 2. The molecule has 21 heavy (non-hydrogen) atoms. The molecule has 2 heterocycles. The van der Waals surface area contributed by atoms with Crippen LogP contribution >= 0.6 is 0 Å². The number of carbonyl (C=O) groups excluding carboxylic acids is 1. The standard InChI is InChI=1S/C16H23N3O2/c1-16(7-2-8-17-16)15(20)18-13-3-5-14(6-4-13)19-9-11-21-12-10-19/h3-6,17H,2,7-12H2,1H3,(H,18,20)/t16-/m1/s1. The smallest absolute Gasteiger partial charge is 0.244 e. The van der Waals surface area contributed by atoms with Crippen molar-refractivity contribution in [3.8, 4) is 0 Å². The van der Waals surface area contributed by atoms with Gasteiger partial charge in [0.15, 0.2) is 0 Å². The zero-order chi connectivity index (χ0) is 14.7. The van der Waals surface area contributed by atoms with Crippen LogP contribution in [0.25, 0.3) is 0 Å². The zero-order valence-electron chi connectivity index (χ0n) is 12.5. The first-order valence-electron chi connectivity index (χ1n) is 7.67. The van der Waals surface area contributed by atoms with E-state index >= 15 is 0 Å². The Balaban J connectivity index is 1.62. The van der Waals surface area contributed by atoms with E-state index in [0.29, 0.717) is 0 Å². The molecule has 0 aromatic heterocycles. The summed E-state index contributed by atoms with van der Waals surface area (Å²) in [6, 6.07) is 8.07. The van der Waals surface area contributed by atoms with Gasteiger partial charge in [0.05, 0.1) is 18.8 Å². The molecule has 2 saturated heterocycles. The predicted molar refractivity (Wildman–Crippen MR) is 83.7 cm³/mol. The summed E-state index contributed by atoms with van der Waals surface area (Å²) in [6.45, 7) is 6.30. The Bertz CT molecular complexity index is 489. The van der Waals surface area contributed by atoms with Crippen molar-refractivity contribution in [2.45, 2.75) is 25.3 Å². The quantitative estimate of drug-likeness (QED) is 0.887. The third-order valence-corrected chi connectivity index (χ3v) is 4.37. The Labute approximate surface area is 125 Å². The number of ether oxygens (including phenoxy) is 1. The Kier molecular flexibility index (Phi) is 4.12. The van der Waals surface area contributed by atoms with Gasteiger partial charge in [-0.05, 0) is 50.6 Å². The van der Waals surface area contributed by atoms with Gasteiger partial charge in [0.25, 0.3) is 0 Å². The third kappa shape index (κ3) is 3.19. The minimum Gasteiger partial charge on any atom is -0.378 e. The molecule has 2 aliphatic heterocycles. The number of hydrogen-bond donors (Lipinski definition) is 2. The SMILES string of the molecule is C[C@]1(C(=O)Nc2ccc(N3CCOCC3)cc2)CCCN1.